The maximum atomic E-state index is 5.33. The Labute approximate surface area is 96.6 Å². The molecular formula is C12H19N3O. The molecule has 0 saturated carbocycles. The number of hydrogen-bond acceptors (Lipinski definition) is 4. The predicted molar refractivity (Wildman–Crippen MR) is 64.6 cm³/mol. The van der Waals surface area contributed by atoms with Gasteiger partial charge in [0.15, 0.2) is 0 Å². The minimum absolute atomic E-state index is 0.805. The maximum absolute atomic E-state index is 5.33. The van der Waals surface area contributed by atoms with Gasteiger partial charge in [-0.05, 0) is 18.7 Å². The Balaban J connectivity index is 2.02. The molecule has 4 nitrogen and oxygen atoms in total. The number of aromatic nitrogens is 1. The highest BCUT2D eigenvalue weighted by atomic mass is 16.5. The summed E-state index contributed by atoms with van der Waals surface area (Å²) in [6, 6.07) is 6.21. The molecule has 1 fully saturated rings. The molecule has 0 aromatic carbocycles. The van der Waals surface area contributed by atoms with Gasteiger partial charge in [-0.15, -0.1) is 0 Å². The molecule has 1 aromatic rings. The lowest BCUT2D eigenvalue weighted by Gasteiger charge is -2.28. The molecule has 1 aliphatic rings. The molecule has 2 heterocycles. The fraction of sp³-hybridized carbons (Fsp3) is 0.583. The number of ether oxygens (including phenoxy) is 1. The van der Waals surface area contributed by atoms with Gasteiger partial charge < -0.3 is 15.0 Å². The van der Waals surface area contributed by atoms with Crippen molar-refractivity contribution >= 4 is 5.82 Å². The lowest BCUT2D eigenvalue weighted by atomic mass is 10.3. The standard InChI is InChI=1S/C12H19N3O/c1-2-13-10-11-4-3-5-12(14-11)15-6-8-16-9-7-15/h3-5,13H,2,6-10H2,1H3. The van der Waals surface area contributed by atoms with E-state index in [1.165, 1.54) is 0 Å². The average Bonchev–Trinajstić information content (AvgIpc) is 2.38. The van der Waals surface area contributed by atoms with Gasteiger partial charge in [0, 0.05) is 19.6 Å². The molecule has 1 N–H and O–H groups in total. The second-order valence-corrected chi connectivity index (χ2v) is 3.87. The van der Waals surface area contributed by atoms with Crippen molar-refractivity contribution in [2.75, 3.05) is 37.7 Å². The Bertz CT molecular complexity index is 324. The molecule has 16 heavy (non-hydrogen) atoms. The number of nitrogens with zero attached hydrogens (tertiary/aromatic N) is 2. The Kier molecular flexibility index (Phi) is 4.13. The number of rotatable bonds is 4. The normalized spacial score (nSPS) is 16.4. The topological polar surface area (TPSA) is 37.4 Å². The van der Waals surface area contributed by atoms with Gasteiger partial charge in [0.05, 0.1) is 18.9 Å². The molecule has 4 heteroatoms. The van der Waals surface area contributed by atoms with Gasteiger partial charge in [0.2, 0.25) is 0 Å². The van der Waals surface area contributed by atoms with E-state index in [2.05, 4.69) is 40.3 Å². The van der Waals surface area contributed by atoms with Crippen LogP contribution in [0.5, 0.6) is 0 Å². The molecule has 0 bridgehead atoms. The van der Waals surface area contributed by atoms with Crippen molar-refractivity contribution in [1.29, 1.82) is 0 Å². The first-order valence-electron chi connectivity index (χ1n) is 5.89. The molecule has 1 aromatic heterocycles. The molecule has 1 saturated heterocycles. The summed E-state index contributed by atoms with van der Waals surface area (Å²) in [5.74, 6) is 1.07. The molecule has 0 atom stereocenters. The summed E-state index contributed by atoms with van der Waals surface area (Å²) in [5.41, 5.74) is 1.10. The van der Waals surface area contributed by atoms with Crippen LogP contribution in [-0.2, 0) is 11.3 Å². The molecule has 1 aliphatic heterocycles. The molecule has 2 rings (SSSR count). The van der Waals surface area contributed by atoms with E-state index in [0.717, 1.165) is 50.9 Å². The average molecular weight is 221 g/mol. The van der Waals surface area contributed by atoms with E-state index >= 15 is 0 Å². The zero-order valence-corrected chi connectivity index (χ0v) is 9.78. The van der Waals surface area contributed by atoms with Gasteiger partial charge in [0.25, 0.3) is 0 Å². The summed E-state index contributed by atoms with van der Waals surface area (Å²) in [5, 5.41) is 3.29. The second kappa shape index (κ2) is 5.82. The Hall–Kier alpha value is -1.13. The second-order valence-electron chi connectivity index (χ2n) is 3.87. The molecule has 0 spiro atoms. The zero-order valence-electron chi connectivity index (χ0n) is 9.78. The van der Waals surface area contributed by atoms with Crippen LogP contribution < -0.4 is 10.2 Å². The van der Waals surface area contributed by atoms with Crippen molar-refractivity contribution in [2.24, 2.45) is 0 Å². The summed E-state index contributed by atoms with van der Waals surface area (Å²) in [6.07, 6.45) is 0. The van der Waals surface area contributed by atoms with Crippen LogP contribution in [0.3, 0.4) is 0 Å². The van der Waals surface area contributed by atoms with Crippen molar-refractivity contribution in [3.63, 3.8) is 0 Å². The highest BCUT2D eigenvalue weighted by Gasteiger charge is 2.12. The minimum Gasteiger partial charge on any atom is -0.378 e. The van der Waals surface area contributed by atoms with Crippen molar-refractivity contribution in [2.45, 2.75) is 13.5 Å². The van der Waals surface area contributed by atoms with Crippen molar-refractivity contribution in [3.05, 3.63) is 23.9 Å². The number of morpholine rings is 1. The van der Waals surface area contributed by atoms with Gasteiger partial charge in [-0.3, -0.25) is 0 Å². The van der Waals surface area contributed by atoms with E-state index in [4.69, 9.17) is 4.74 Å². The van der Waals surface area contributed by atoms with Crippen LogP contribution in [0.1, 0.15) is 12.6 Å². The van der Waals surface area contributed by atoms with Crippen LogP contribution in [-0.4, -0.2) is 37.8 Å². The summed E-state index contributed by atoms with van der Waals surface area (Å²) in [7, 11) is 0. The summed E-state index contributed by atoms with van der Waals surface area (Å²) in [4.78, 5) is 6.92. The predicted octanol–water partition coefficient (Wildman–Crippen LogP) is 1.03. The highest BCUT2D eigenvalue weighted by molar-refractivity contribution is 5.39. The molecular weight excluding hydrogens is 202 g/mol. The fourth-order valence-electron chi connectivity index (χ4n) is 1.79. The van der Waals surface area contributed by atoms with Crippen LogP contribution >= 0.6 is 0 Å². The van der Waals surface area contributed by atoms with Crippen molar-refractivity contribution in [3.8, 4) is 0 Å². The number of pyridine rings is 1. The monoisotopic (exact) mass is 221 g/mol. The molecule has 88 valence electrons. The smallest absolute Gasteiger partial charge is 0.129 e. The van der Waals surface area contributed by atoms with E-state index in [-0.39, 0.29) is 0 Å². The van der Waals surface area contributed by atoms with E-state index in [9.17, 15) is 0 Å². The molecule has 0 aliphatic carbocycles. The SMILES string of the molecule is CCNCc1cccc(N2CCOCC2)n1. The number of anilines is 1. The van der Waals surface area contributed by atoms with E-state index in [0.29, 0.717) is 0 Å². The summed E-state index contributed by atoms with van der Waals surface area (Å²) in [6.45, 7) is 7.41. The first-order valence-corrected chi connectivity index (χ1v) is 5.89. The van der Waals surface area contributed by atoms with Crippen LogP contribution in [0.25, 0.3) is 0 Å². The third kappa shape index (κ3) is 2.93. The zero-order chi connectivity index (χ0) is 11.2. The van der Waals surface area contributed by atoms with Crippen molar-refractivity contribution in [1.82, 2.24) is 10.3 Å². The lowest BCUT2D eigenvalue weighted by Crippen LogP contribution is -2.36. The molecule has 0 amide bonds. The highest BCUT2D eigenvalue weighted by Crippen LogP contribution is 2.12. The van der Waals surface area contributed by atoms with E-state index < -0.39 is 0 Å². The quantitative estimate of drug-likeness (QED) is 0.824. The Morgan fingerprint density at radius 2 is 2.19 bits per heavy atom. The Morgan fingerprint density at radius 3 is 2.94 bits per heavy atom. The summed E-state index contributed by atoms with van der Waals surface area (Å²) >= 11 is 0. The number of nitrogens with one attached hydrogen (secondary N) is 1. The largest absolute Gasteiger partial charge is 0.378 e. The van der Waals surface area contributed by atoms with Gasteiger partial charge in [-0.1, -0.05) is 13.0 Å². The van der Waals surface area contributed by atoms with Crippen molar-refractivity contribution < 1.29 is 4.74 Å². The third-order valence-corrected chi connectivity index (χ3v) is 2.68. The Morgan fingerprint density at radius 1 is 1.38 bits per heavy atom. The molecule has 0 unspecified atom stereocenters. The first-order chi connectivity index (χ1) is 7.90. The fourth-order valence-corrected chi connectivity index (χ4v) is 1.79. The summed E-state index contributed by atoms with van der Waals surface area (Å²) < 4.78 is 5.33. The van der Waals surface area contributed by atoms with Gasteiger partial charge in [-0.2, -0.15) is 0 Å². The van der Waals surface area contributed by atoms with Crippen LogP contribution in [0.4, 0.5) is 5.82 Å². The van der Waals surface area contributed by atoms with Gasteiger partial charge in [-0.25, -0.2) is 4.98 Å². The van der Waals surface area contributed by atoms with Crippen LogP contribution in [0, 0.1) is 0 Å². The van der Waals surface area contributed by atoms with Crippen LogP contribution in [0.2, 0.25) is 0 Å². The van der Waals surface area contributed by atoms with E-state index in [1.54, 1.807) is 0 Å². The maximum Gasteiger partial charge on any atom is 0.129 e. The third-order valence-electron chi connectivity index (χ3n) is 2.68. The lowest BCUT2D eigenvalue weighted by molar-refractivity contribution is 0.122. The number of hydrogen-bond donors (Lipinski definition) is 1. The van der Waals surface area contributed by atoms with Gasteiger partial charge >= 0.3 is 0 Å². The minimum atomic E-state index is 0.805. The van der Waals surface area contributed by atoms with Gasteiger partial charge in [0.1, 0.15) is 5.82 Å². The van der Waals surface area contributed by atoms with E-state index in [1.807, 2.05) is 0 Å². The first kappa shape index (κ1) is 11.4. The molecule has 0 radical (unpaired) electrons. The van der Waals surface area contributed by atoms with Crippen LogP contribution in [0.15, 0.2) is 18.2 Å².